The molecule has 0 radical (unpaired) electrons. The third-order valence-corrected chi connectivity index (χ3v) is 4.27. The zero-order chi connectivity index (χ0) is 16.3. The zero-order valence-corrected chi connectivity index (χ0v) is 13.6. The maximum Gasteiger partial charge on any atom is 0.408 e. The van der Waals surface area contributed by atoms with E-state index in [0.29, 0.717) is 5.02 Å². The van der Waals surface area contributed by atoms with Crippen molar-refractivity contribution in [3.05, 3.63) is 64.7 Å². The Morgan fingerprint density at radius 2 is 1.78 bits per heavy atom. The predicted molar refractivity (Wildman–Crippen MR) is 88.7 cm³/mol. The first kappa shape index (κ1) is 15.7. The lowest BCUT2D eigenvalue weighted by Crippen LogP contribution is -2.35. The van der Waals surface area contributed by atoms with Crippen molar-refractivity contribution in [1.82, 2.24) is 5.32 Å². The Bertz CT molecular complexity index is 678. The molecule has 0 bridgehead atoms. The summed E-state index contributed by atoms with van der Waals surface area (Å²) in [5.74, 6) is 0.776. The molecule has 5 heteroatoms. The fourth-order valence-electron chi connectivity index (χ4n) is 2.48. The Morgan fingerprint density at radius 3 is 2.35 bits per heavy atom. The highest BCUT2D eigenvalue weighted by Crippen LogP contribution is 2.45. The van der Waals surface area contributed by atoms with E-state index in [4.69, 9.17) is 21.1 Å². The number of hydrogen-bond acceptors (Lipinski definition) is 3. The second kappa shape index (κ2) is 6.50. The van der Waals surface area contributed by atoms with Crippen LogP contribution in [0.4, 0.5) is 4.79 Å². The quantitative estimate of drug-likeness (QED) is 0.890. The number of nitrogens with one attached hydrogen (secondary N) is 1. The molecule has 1 aliphatic carbocycles. The van der Waals surface area contributed by atoms with Gasteiger partial charge in [0.05, 0.1) is 12.6 Å². The number of carbonyl (C=O) groups excluding carboxylic acids is 1. The van der Waals surface area contributed by atoms with E-state index in [-0.39, 0.29) is 12.1 Å². The Kier molecular flexibility index (Phi) is 4.44. The van der Waals surface area contributed by atoms with Crippen molar-refractivity contribution in [2.24, 2.45) is 0 Å². The van der Waals surface area contributed by atoms with Gasteiger partial charge in [0.25, 0.3) is 0 Å². The molecule has 1 aliphatic rings. The number of carbonyl (C=O) groups is 1. The molecule has 1 saturated carbocycles. The minimum atomic E-state index is -0.409. The third kappa shape index (κ3) is 3.77. The largest absolute Gasteiger partial charge is 0.497 e. The number of ether oxygens (including phenoxy) is 2. The van der Waals surface area contributed by atoms with E-state index in [9.17, 15) is 4.79 Å². The monoisotopic (exact) mass is 331 g/mol. The van der Waals surface area contributed by atoms with Gasteiger partial charge in [0.1, 0.15) is 12.4 Å². The predicted octanol–water partition coefficient (Wildman–Crippen LogP) is 4.26. The Balaban J connectivity index is 1.55. The average Bonchev–Trinajstić information content (AvgIpc) is 3.34. The second-order valence-corrected chi connectivity index (χ2v) is 6.07. The molecule has 0 aromatic heterocycles. The lowest BCUT2D eigenvalue weighted by molar-refractivity contribution is 0.134. The summed E-state index contributed by atoms with van der Waals surface area (Å²) in [6, 6.07) is 15.0. The number of rotatable bonds is 5. The van der Waals surface area contributed by atoms with Gasteiger partial charge in [0.15, 0.2) is 0 Å². The molecule has 4 nitrogen and oxygen atoms in total. The van der Waals surface area contributed by atoms with Crippen LogP contribution in [-0.2, 0) is 16.9 Å². The molecular formula is C18H18ClNO3. The summed E-state index contributed by atoms with van der Waals surface area (Å²) in [5.41, 5.74) is 1.67. The highest BCUT2D eigenvalue weighted by Gasteiger charge is 2.46. The fraction of sp³-hybridized carbons (Fsp3) is 0.278. The molecule has 0 saturated heterocycles. The van der Waals surface area contributed by atoms with E-state index < -0.39 is 6.09 Å². The molecule has 3 rings (SSSR count). The molecule has 1 fully saturated rings. The first-order valence-corrected chi connectivity index (χ1v) is 7.83. The van der Waals surface area contributed by atoms with Crippen LogP contribution in [0, 0.1) is 0 Å². The molecule has 0 heterocycles. The van der Waals surface area contributed by atoms with Crippen molar-refractivity contribution in [2.75, 3.05) is 7.11 Å². The summed E-state index contributed by atoms with van der Waals surface area (Å²) >= 11 is 5.91. The Morgan fingerprint density at radius 1 is 1.13 bits per heavy atom. The van der Waals surface area contributed by atoms with E-state index >= 15 is 0 Å². The van der Waals surface area contributed by atoms with Crippen LogP contribution in [0.2, 0.25) is 5.02 Å². The van der Waals surface area contributed by atoms with Crippen LogP contribution in [0.25, 0.3) is 0 Å². The van der Waals surface area contributed by atoms with Gasteiger partial charge in [0.2, 0.25) is 0 Å². The first-order chi connectivity index (χ1) is 11.1. The minimum absolute atomic E-state index is 0.229. The van der Waals surface area contributed by atoms with Crippen LogP contribution < -0.4 is 10.1 Å². The maximum atomic E-state index is 12.1. The van der Waals surface area contributed by atoms with Crippen molar-refractivity contribution in [1.29, 1.82) is 0 Å². The Hall–Kier alpha value is -2.20. The van der Waals surface area contributed by atoms with E-state index in [1.54, 1.807) is 7.11 Å². The fourth-order valence-corrected chi connectivity index (χ4v) is 2.61. The molecule has 0 unspecified atom stereocenters. The first-order valence-electron chi connectivity index (χ1n) is 7.45. The van der Waals surface area contributed by atoms with Crippen molar-refractivity contribution in [2.45, 2.75) is 25.0 Å². The van der Waals surface area contributed by atoms with Crippen molar-refractivity contribution in [3.8, 4) is 5.75 Å². The van der Waals surface area contributed by atoms with Crippen LogP contribution in [0.15, 0.2) is 48.5 Å². The van der Waals surface area contributed by atoms with Gasteiger partial charge < -0.3 is 14.8 Å². The molecule has 120 valence electrons. The minimum Gasteiger partial charge on any atom is -0.497 e. The molecule has 0 aliphatic heterocycles. The molecule has 0 atom stereocenters. The molecule has 1 amide bonds. The number of methoxy groups -OCH3 is 1. The topological polar surface area (TPSA) is 47.6 Å². The van der Waals surface area contributed by atoms with Gasteiger partial charge in [0, 0.05) is 5.02 Å². The molecule has 1 N–H and O–H groups in total. The van der Waals surface area contributed by atoms with Gasteiger partial charge in [-0.05, 0) is 48.2 Å². The van der Waals surface area contributed by atoms with Gasteiger partial charge in [-0.25, -0.2) is 4.79 Å². The summed E-state index contributed by atoms with van der Waals surface area (Å²) < 4.78 is 10.4. The van der Waals surface area contributed by atoms with Crippen LogP contribution in [0.3, 0.4) is 0 Å². The summed E-state index contributed by atoms with van der Waals surface area (Å²) in [4.78, 5) is 12.1. The molecular weight excluding hydrogens is 314 g/mol. The zero-order valence-electron chi connectivity index (χ0n) is 12.8. The maximum absolute atomic E-state index is 12.1. The number of benzene rings is 2. The lowest BCUT2D eigenvalue weighted by atomic mass is 10.1. The normalized spacial score (nSPS) is 14.9. The van der Waals surface area contributed by atoms with Crippen LogP contribution in [-0.4, -0.2) is 13.2 Å². The molecule has 2 aromatic carbocycles. The molecule has 2 aromatic rings. The van der Waals surface area contributed by atoms with Gasteiger partial charge >= 0.3 is 6.09 Å². The lowest BCUT2D eigenvalue weighted by Gasteiger charge is -2.18. The summed E-state index contributed by atoms with van der Waals surface area (Å²) in [6.45, 7) is 0.229. The van der Waals surface area contributed by atoms with Gasteiger partial charge in [-0.3, -0.25) is 0 Å². The summed E-state index contributed by atoms with van der Waals surface area (Å²) in [5, 5.41) is 3.65. The number of halogens is 1. The highest BCUT2D eigenvalue weighted by atomic mass is 35.5. The third-order valence-electron chi connectivity index (χ3n) is 4.02. The van der Waals surface area contributed by atoms with E-state index in [1.807, 2.05) is 48.5 Å². The van der Waals surface area contributed by atoms with Gasteiger partial charge in [-0.1, -0.05) is 35.9 Å². The number of amides is 1. The standard InChI is InChI=1S/C18H18ClNO3/c1-22-16-8-2-13(3-9-16)12-23-17(21)20-18(10-11-18)14-4-6-15(19)7-5-14/h2-9H,10-12H2,1H3,(H,20,21). The van der Waals surface area contributed by atoms with Crippen LogP contribution >= 0.6 is 11.6 Å². The van der Waals surface area contributed by atoms with Gasteiger partial charge in [-0.2, -0.15) is 0 Å². The number of alkyl carbamates (subject to hydrolysis) is 1. The van der Waals surface area contributed by atoms with Gasteiger partial charge in [-0.15, -0.1) is 0 Å². The molecule has 0 spiro atoms. The summed E-state index contributed by atoms with van der Waals surface area (Å²) in [6.07, 6.45) is 1.41. The van der Waals surface area contributed by atoms with Crippen LogP contribution in [0.1, 0.15) is 24.0 Å². The second-order valence-electron chi connectivity index (χ2n) is 5.64. The average molecular weight is 332 g/mol. The van der Waals surface area contributed by atoms with Crippen molar-refractivity contribution < 1.29 is 14.3 Å². The van der Waals surface area contributed by atoms with E-state index in [2.05, 4.69) is 5.32 Å². The van der Waals surface area contributed by atoms with Crippen molar-refractivity contribution in [3.63, 3.8) is 0 Å². The SMILES string of the molecule is COc1ccc(COC(=O)NC2(c3ccc(Cl)cc3)CC2)cc1. The van der Waals surface area contributed by atoms with Crippen molar-refractivity contribution >= 4 is 17.7 Å². The van der Waals surface area contributed by atoms with Crippen LogP contribution in [0.5, 0.6) is 5.75 Å². The Labute approximate surface area is 140 Å². The highest BCUT2D eigenvalue weighted by molar-refractivity contribution is 6.30. The number of hydrogen-bond donors (Lipinski definition) is 1. The molecule has 23 heavy (non-hydrogen) atoms. The smallest absolute Gasteiger partial charge is 0.408 e. The van der Waals surface area contributed by atoms with E-state index in [1.165, 1.54) is 0 Å². The summed E-state index contributed by atoms with van der Waals surface area (Å²) in [7, 11) is 1.62. The van der Waals surface area contributed by atoms with E-state index in [0.717, 1.165) is 29.7 Å².